The molecular weight excluding hydrogens is 358 g/mol. The molecule has 0 unspecified atom stereocenters. The van der Waals surface area contributed by atoms with Crippen molar-refractivity contribution in [1.82, 2.24) is 14.6 Å². The number of fused-ring (bicyclic) bond motifs is 1. The van der Waals surface area contributed by atoms with Crippen molar-refractivity contribution in [2.45, 2.75) is 0 Å². The van der Waals surface area contributed by atoms with E-state index >= 15 is 0 Å². The fourth-order valence-electron chi connectivity index (χ4n) is 2.52. The predicted octanol–water partition coefficient (Wildman–Crippen LogP) is 3.03. The number of ether oxygens (including phenoxy) is 1. The highest BCUT2D eigenvalue weighted by atomic mass is 35.5. The zero-order valence-electron chi connectivity index (χ0n) is 13.1. The monoisotopic (exact) mass is 369 g/mol. The van der Waals surface area contributed by atoms with Gasteiger partial charge in [-0.1, -0.05) is 47.2 Å². The SMILES string of the molecule is COc1ccccc1-c1nc2sc(=Cc3cccc(Cl)c3)c(=O)n2n1. The van der Waals surface area contributed by atoms with Gasteiger partial charge in [0.2, 0.25) is 4.96 Å². The molecule has 0 aliphatic heterocycles. The number of hydrogen-bond acceptors (Lipinski definition) is 5. The summed E-state index contributed by atoms with van der Waals surface area (Å²) in [4.78, 5) is 17.6. The molecule has 0 N–H and O–H groups in total. The molecule has 2 aromatic heterocycles. The summed E-state index contributed by atoms with van der Waals surface area (Å²) in [7, 11) is 1.59. The summed E-state index contributed by atoms with van der Waals surface area (Å²) in [5, 5.41) is 4.97. The van der Waals surface area contributed by atoms with Crippen LogP contribution in [0.2, 0.25) is 5.02 Å². The van der Waals surface area contributed by atoms with E-state index in [1.807, 2.05) is 36.4 Å². The van der Waals surface area contributed by atoms with Gasteiger partial charge in [-0.05, 0) is 35.9 Å². The number of para-hydroxylation sites is 1. The average Bonchev–Trinajstić information content (AvgIpc) is 3.15. The van der Waals surface area contributed by atoms with E-state index < -0.39 is 0 Å². The maximum absolute atomic E-state index is 12.6. The summed E-state index contributed by atoms with van der Waals surface area (Å²) in [5.74, 6) is 1.13. The predicted molar refractivity (Wildman–Crippen MR) is 99.4 cm³/mol. The molecule has 0 atom stereocenters. The van der Waals surface area contributed by atoms with Gasteiger partial charge in [0.25, 0.3) is 5.56 Å². The van der Waals surface area contributed by atoms with Crippen molar-refractivity contribution < 1.29 is 4.74 Å². The van der Waals surface area contributed by atoms with Gasteiger partial charge in [-0.15, -0.1) is 5.10 Å². The van der Waals surface area contributed by atoms with Gasteiger partial charge in [-0.2, -0.15) is 9.50 Å². The number of aromatic nitrogens is 3. The number of methoxy groups -OCH3 is 1. The number of hydrogen-bond donors (Lipinski definition) is 0. The molecule has 2 aromatic carbocycles. The minimum atomic E-state index is -0.200. The summed E-state index contributed by atoms with van der Waals surface area (Å²) >= 11 is 7.28. The third-order valence-electron chi connectivity index (χ3n) is 3.68. The van der Waals surface area contributed by atoms with Crippen molar-refractivity contribution in [2.75, 3.05) is 7.11 Å². The van der Waals surface area contributed by atoms with E-state index in [0.717, 1.165) is 11.1 Å². The fraction of sp³-hybridized carbons (Fsp3) is 0.0556. The molecule has 4 aromatic rings. The van der Waals surface area contributed by atoms with Crippen LogP contribution in [0.3, 0.4) is 0 Å². The van der Waals surface area contributed by atoms with Gasteiger partial charge in [0.05, 0.1) is 17.2 Å². The van der Waals surface area contributed by atoms with Crippen molar-refractivity contribution >= 4 is 34.0 Å². The number of thiazole rings is 1. The molecule has 25 heavy (non-hydrogen) atoms. The normalized spacial score (nSPS) is 12.0. The zero-order chi connectivity index (χ0) is 17.4. The Labute approximate surface area is 151 Å². The molecule has 5 nitrogen and oxygen atoms in total. The first kappa shape index (κ1) is 15.8. The van der Waals surface area contributed by atoms with Gasteiger partial charge in [-0.3, -0.25) is 4.79 Å². The first-order valence-electron chi connectivity index (χ1n) is 7.46. The Bertz CT molecular complexity index is 1180. The van der Waals surface area contributed by atoms with Crippen molar-refractivity contribution in [3.05, 3.63) is 74.0 Å². The largest absolute Gasteiger partial charge is 0.496 e. The summed E-state index contributed by atoms with van der Waals surface area (Å²) in [6.45, 7) is 0. The van der Waals surface area contributed by atoms with Gasteiger partial charge in [0.1, 0.15) is 5.75 Å². The Morgan fingerprint density at radius 2 is 2.04 bits per heavy atom. The van der Waals surface area contributed by atoms with Crippen LogP contribution in [0, 0.1) is 0 Å². The lowest BCUT2D eigenvalue weighted by atomic mass is 10.2. The number of nitrogens with zero attached hydrogens (tertiary/aromatic N) is 3. The van der Waals surface area contributed by atoms with Gasteiger partial charge in [-0.25, -0.2) is 0 Å². The summed E-state index contributed by atoms with van der Waals surface area (Å²) in [6.07, 6.45) is 1.79. The van der Waals surface area contributed by atoms with Crippen LogP contribution in [0.25, 0.3) is 22.4 Å². The van der Waals surface area contributed by atoms with E-state index in [1.165, 1.54) is 15.9 Å². The van der Waals surface area contributed by atoms with Crippen LogP contribution in [-0.2, 0) is 0 Å². The zero-order valence-corrected chi connectivity index (χ0v) is 14.7. The summed E-state index contributed by atoms with van der Waals surface area (Å²) < 4.78 is 7.22. The second kappa shape index (κ2) is 6.31. The van der Waals surface area contributed by atoms with E-state index in [0.29, 0.717) is 26.1 Å². The second-order valence-electron chi connectivity index (χ2n) is 5.30. The van der Waals surface area contributed by atoms with Crippen molar-refractivity contribution in [1.29, 1.82) is 0 Å². The first-order chi connectivity index (χ1) is 12.2. The molecule has 0 amide bonds. The average molecular weight is 370 g/mol. The number of rotatable bonds is 3. The Morgan fingerprint density at radius 1 is 1.20 bits per heavy atom. The molecule has 0 bridgehead atoms. The Hall–Kier alpha value is -2.70. The Morgan fingerprint density at radius 3 is 2.80 bits per heavy atom. The van der Waals surface area contributed by atoms with Gasteiger partial charge in [0, 0.05) is 5.02 Å². The Kier molecular flexibility index (Phi) is 3.99. The van der Waals surface area contributed by atoms with E-state index in [-0.39, 0.29) is 5.56 Å². The molecule has 2 heterocycles. The molecule has 0 spiro atoms. The minimum absolute atomic E-state index is 0.200. The van der Waals surface area contributed by atoms with Gasteiger partial charge < -0.3 is 4.74 Å². The molecule has 0 aliphatic carbocycles. The molecule has 0 saturated carbocycles. The third kappa shape index (κ3) is 2.90. The maximum atomic E-state index is 12.6. The van der Waals surface area contributed by atoms with Crippen LogP contribution in [0.1, 0.15) is 5.56 Å². The van der Waals surface area contributed by atoms with Crippen molar-refractivity contribution in [2.24, 2.45) is 0 Å². The van der Waals surface area contributed by atoms with E-state index in [9.17, 15) is 4.79 Å². The van der Waals surface area contributed by atoms with Gasteiger partial charge in [0.15, 0.2) is 5.82 Å². The summed E-state index contributed by atoms with van der Waals surface area (Å²) in [5.41, 5.74) is 1.41. The van der Waals surface area contributed by atoms with Crippen molar-refractivity contribution in [3.63, 3.8) is 0 Å². The minimum Gasteiger partial charge on any atom is -0.496 e. The Balaban J connectivity index is 1.84. The maximum Gasteiger partial charge on any atom is 0.291 e. The van der Waals surface area contributed by atoms with Crippen LogP contribution in [0.5, 0.6) is 5.75 Å². The molecule has 7 heteroatoms. The van der Waals surface area contributed by atoms with Gasteiger partial charge >= 0.3 is 0 Å². The number of halogens is 1. The highest BCUT2D eigenvalue weighted by Gasteiger charge is 2.14. The highest BCUT2D eigenvalue weighted by Crippen LogP contribution is 2.27. The topological polar surface area (TPSA) is 56.5 Å². The molecule has 0 radical (unpaired) electrons. The number of benzene rings is 2. The van der Waals surface area contributed by atoms with Crippen LogP contribution in [-0.4, -0.2) is 21.7 Å². The highest BCUT2D eigenvalue weighted by molar-refractivity contribution is 7.15. The van der Waals surface area contributed by atoms with Crippen LogP contribution < -0.4 is 14.8 Å². The fourth-order valence-corrected chi connectivity index (χ4v) is 3.63. The second-order valence-corrected chi connectivity index (χ2v) is 6.75. The van der Waals surface area contributed by atoms with E-state index in [1.54, 1.807) is 25.3 Å². The lowest BCUT2D eigenvalue weighted by Gasteiger charge is -2.03. The first-order valence-corrected chi connectivity index (χ1v) is 8.65. The quantitative estimate of drug-likeness (QED) is 0.557. The molecule has 4 rings (SSSR count). The lowest BCUT2D eigenvalue weighted by molar-refractivity contribution is 0.416. The molecule has 0 aliphatic rings. The van der Waals surface area contributed by atoms with Crippen LogP contribution in [0.15, 0.2) is 53.3 Å². The summed E-state index contributed by atoms with van der Waals surface area (Å²) in [6, 6.07) is 14.8. The van der Waals surface area contributed by atoms with E-state index in [2.05, 4.69) is 10.1 Å². The molecular formula is C18H12ClN3O2S. The lowest BCUT2D eigenvalue weighted by Crippen LogP contribution is -2.23. The van der Waals surface area contributed by atoms with Crippen molar-refractivity contribution in [3.8, 4) is 17.1 Å². The van der Waals surface area contributed by atoms with E-state index in [4.69, 9.17) is 16.3 Å². The molecule has 0 saturated heterocycles. The smallest absolute Gasteiger partial charge is 0.291 e. The molecule has 0 fully saturated rings. The van der Waals surface area contributed by atoms with Crippen LogP contribution in [0.4, 0.5) is 0 Å². The third-order valence-corrected chi connectivity index (χ3v) is 4.87. The molecule has 124 valence electrons. The standard InChI is InChI=1S/C18H12ClN3O2S/c1-24-14-8-3-2-7-13(14)16-20-18-22(21-16)17(23)15(25-18)10-11-5-4-6-12(19)9-11/h2-10H,1H3. The van der Waals surface area contributed by atoms with Crippen LogP contribution >= 0.6 is 22.9 Å².